The highest BCUT2D eigenvalue weighted by Crippen LogP contribution is 2.44. The summed E-state index contributed by atoms with van der Waals surface area (Å²) in [6.07, 6.45) is 5.31. The molecular weight excluding hydrogens is 440 g/mol. The summed E-state index contributed by atoms with van der Waals surface area (Å²) in [6, 6.07) is 17.6. The van der Waals surface area contributed by atoms with E-state index in [-0.39, 0.29) is 17.4 Å². The van der Waals surface area contributed by atoms with E-state index in [1.54, 1.807) is 6.92 Å². The summed E-state index contributed by atoms with van der Waals surface area (Å²) in [5, 5.41) is 4.21. The maximum atomic E-state index is 14.1. The molecule has 2 fully saturated rings. The predicted molar refractivity (Wildman–Crippen MR) is 132 cm³/mol. The molecule has 8 heteroatoms. The number of para-hydroxylation sites is 2. The predicted octanol–water partition coefficient (Wildman–Crippen LogP) is 4.32. The summed E-state index contributed by atoms with van der Waals surface area (Å²) in [6.45, 7) is 4.03. The smallest absolute Gasteiger partial charge is 0.229 e. The van der Waals surface area contributed by atoms with E-state index in [2.05, 4.69) is 20.0 Å². The fraction of sp³-hybridized carbons (Fsp3) is 0.370. The topological polar surface area (TPSA) is 88.3 Å². The standard InChI is InChI=1S/C27H28N6O2/c1-19-29-25(31-35-19)24(20-8-3-2-4-9-20)33-15-7-12-27(26(33)34)13-16-32(17-14-27)23-18-28-21-10-5-6-11-22(21)30-23/h2-6,8-11,18,24H,7,12-17H2,1H3. The molecule has 6 rings (SSSR count). The minimum atomic E-state index is -0.370. The Hall–Kier alpha value is -3.81. The Morgan fingerprint density at radius 3 is 2.40 bits per heavy atom. The number of nitrogens with zero attached hydrogens (tertiary/aromatic N) is 6. The maximum absolute atomic E-state index is 14.1. The monoisotopic (exact) mass is 468 g/mol. The first-order valence-electron chi connectivity index (χ1n) is 12.3. The van der Waals surface area contributed by atoms with Crippen LogP contribution in [0.15, 0.2) is 65.3 Å². The van der Waals surface area contributed by atoms with Gasteiger partial charge >= 0.3 is 0 Å². The van der Waals surface area contributed by atoms with Crippen LogP contribution in [0, 0.1) is 12.3 Å². The van der Waals surface area contributed by atoms with Crippen LogP contribution >= 0.6 is 0 Å². The summed E-state index contributed by atoms with van der Waals surface area (Å²) in [4.78, 5) is 32.3. The van der Waals surface area contributed by atoms with Crippen LogP contribution in [0.5, 0.6) is 0 Å². The molecule has 2 aliphatic rings. The molecule has 0 N–H and O–H groups in total. The van der Waals surface area contributed by atoms with Gasteiger partial charge in [-0.3, -0.25) is 9.78 Å². The lowest BCUT2D eigenvalue weighted by atomic mass is 9.71. The van der Waals surface area contributed by atoms with Crippen LogP contribution in [-0.2, 0) is 4.79 Å². The molecule has 1 spiro atoms. The molecule has 0 saturated carbocycles. The molecule has 4 aromatic rings. The molecule has 2 aliphatic heterocycles. The SMILES string of the molecule is Cc1nc(C(c2ccccc2)N2CCCC3(CCN(c4cnc5ccccc5n4)CC3)C2=O)no1. The Morgan fingerprint density at radius 2 is 1.66 bits per heavy atom. The van der Waals surface area contributed by atoms with E-state index >= 15 is 0 Å². The van der Waals surface area contributed by atoms with Crippen molar-refractivity contribution >= 4 is 22.8 Å². The number of amides is 1. The summed E-state index contributed by atoms with van der Waals surface area (Å²) < 4.78 is 5.30. The van der Waals surface area contributed by atoms with Gasteiger partial charge in [-0.05, 0) is 43.4 Å². The van der Waals surface area contributed by atoms with Crippen LogP contribution in [0.2, 0.25) is 0 Å². The highest BCUT2D eigenvalue weighted by molar-refractivity contribution is 5.84. The third kappa shape index (κ3) is 3.92. The second-order valence-corrected chi connectivity index (χ2v) is 9.57. The number of rotatable bonds is 4. The van der Waals surface area contributed by atoms with Gasteiger partial charge in [-0.1, -0.05) is 47.6 Å². The number of carbonyl (C=O) groups is 1. The van der Waals surface area contributed by atoms with Gasteiger partial charge in [-0.15, -0.1) is 0 Å². The second-order valence-electron chi connectivity index (χ2n) is 9.57. The average Bonchev–Trinajstić information content (AvgIpc) is 3.33. The summed E-state index contributed by atoms with van der Waals surface area (Å²) >= 11 is 0. The lowest BCUT2D eigenvalue weighted by molar-refractivity contribution is -0.150. The quantitative estimate of drug-likeness (QED) is 0.441. The minimum absolute atomic E-state index is 0.198. The number of aryl methyl sites for hydroxylation is 1. The average molecular weight is 469 g/mol. The second kappa shape index (κ2) is 8.76. The van der Waals surface area contributed by atoms with Crippen molar-refractivity contribution in [3.8, 4) is 0 Å². The van der Waals surface area contributed by atoms with Crippen molar-refractivity contribution in [2.75, 3.05) is 24.5 Å². The Kier molecular flexibility index (Phi) is 5.43. The first-order chi connectivity index (χ1) is 17.1. The van der Waals surface area contributed by atoms with E-state index in [0.717, 1.165) is 61.2 Å². The molecule has 1 unspecified atom stereocenters. The van der Waals surface area contributed by atoms with Crippen molar-refractivity contribution in [1.29, 1.82) is 0 Å². The zero-order chi connectivity index (χ0) is 23.8. The molecule has 2 aromatic heterocycles. The van der Waals surface area contributed by atoms with E-state index in [1.807, 2.05) is 65.7 Å². The number of hydrogen-bond donors (Lipinski definition) is 0. The number of fused-ring (bicyclic) bond motifs is 1. The van der Waals surface area contributed by atoms with Gasteiger partial charge in [0.05, 0.1) is 22.6 Å². The van der Waals surface area contributed by atoms with Crippen molar-refractivity contribution in [1.82, 2.24) is 25.0 Å². The van der Waals surface area contributed by atoms with E-state index in [4.69, 9.17) is 9.51 Å². The molecule has 2 aromatic carbocycles. The number of hydrogen-bond acceptors (Lipinski definition) is 7. The van der Waals surface area contributed by atoms with Gasteiger partial charge in [0, 0.05) is 26.6 Å². The number of aromatic nitrogens is 4. The number of benzene rings is 2. The van der Waals surface area contributed by atoms with Crippen molar-refractivity contribution < 1.29 is 9.32 Å². The number of piperidine rings is 2. The van der Waals surface area contributed by atoms with Gasteiger partial charge in [-0.2, -0.15) is 4.98 Å². The van der Waals surface area contributed by atoms with Crippen LogP contribution in [-0.4, -0.2) is 50.5 Å². The summed E-state index contributed by atoms with van der Waals surface area (Å²) in [5.74, 6) is 2.13. The Balaban J connectivity index is 1.25. The Morgan fingerprint density at radius 1 is 0.914 bits per heavy atom. The third-order valence-corrected chi connectivity index (χ3v) is 7.46. The third-order valence-electron chi connectivity index (χ3n) is 7.46. The Bertz CT molecular complexity index is 1350. The van der Waals surface area contributed by atoms with E-state index in [1.165, 1.54) is 0 Å². The fourth-order valence-electron chi connectivity index (χ4n) is 5.60. The van der Waals surface area contributed by atoms with Gasteiger partial charge in [0.15, 0.2) is 5.82 Å². The molecular formula is C27H28N6O2. The highest BCUT2D eigenvalue weighted by atomic mass is 16.5. The molecule has 35 heavy (non-hydrogen) atoms. The van der Waals surface area contributed by atoms with Crippen LogP contribution in [0.1, 0.15) is 49.0 Å². The summed E-state index contributed by atoms with van der Waals surface area (Å²) in [7, 11) is 0. The van der Waals surface area contributed by atoms with E-state index in [9.17, 15) is 4.79 Å². The van der Waals surface area contributed by atoms with Crippen molar-refractivity contribution in [2.45, 2.75) is 38.6 Å². The molecule has 0 aliphatic carbocycles. The van der Waals surface area contributed by atoms with E-state index in [0.29, 0.717) is 18.3 Å². The molecule has 1 atom stereocenters. The first kappa shape index (κ1) is 21.7. The normalized spacial score (nSPS) is 18.8. The zero-order valence-electron chi connectivity index (χ0n) is 19.8. The minimum Gasteiger partial charge on any atom is -0.355 e. The van der Waals surface area contributed by atoms with Crippen molar-refractivity contribution in [3.05, 3.63) is 78.1 Å². The van der Waals surface area contributed by atoms with E-state index < -0.39 is 0 Å². The van der Waals surface area contributed by atoms with Crippen molar-refractivity contribution in [3.63, 3.8) is 0 Å². The molecule has 178 valence electrons. The number of anilines is 1. The summed E-state index contributed by atoms with van der Waals surface area (Å²) in [5.41, 5.74) is 2.42. The highest BCUT2D eigenvalue weighted by Gasteiger charge is 2.48. The van der Waals surface area contributed by atoms with Crippen LogP contribution in [0.4, 0.5) is 5.82 Å². The van der Waals surface area contributed by atoms with Crippen molar-refractivity contribution in [2.24, 2.45) is 5.41 Å². The van der Waals surface area contributed by atoms with Gasteiger partial charge in [-0.25, -0.2) is 4.98 Å². The van der Waals surface area contributed by atoms with Crippen LogP contribution in [0.25, 0.3) is 11.0 Å². The van der Waals surface area contributed by atoms with Crippen LogP contribution in [0.3, 0.4) is 0 Å². The number of likely N-dealkylation sites (tertiary alicyclic amines) is 1. The largest absolute Gasteiger partial charge is 0.355 e. The maximum Gasteiger partial charge on any atom is 0.229 e. The molecule has 2 saturated heterocycles. The molecule has 1 amide bonds. The lowest BCUT2D eigenvalue weighted by Gasteiger charge is -2.48. The zero-order valence-corrected chi connectivity index (χ0v) is 19.8. The van der Waals surface area contributed by atoms with Crippen LogP contribution < -0.4 is 4.90 Å². The Labute approximate surface area is 204 Å². The molecule has 4 heterocycles. The van der Waals surface area contributed by atoms with Gasteiger partial charge in [0.25, 0.3) is 0 Å². The fourth-order valence-corrected chi connectivity index (χ4v) is 5.60. The molecule has 0 bridgehead atoms. The van der Waals surface area contributed by atoms with Gasteiger partial charge < -0.3 is 14.3 Å². The molecule has 0 radical (unpaired) electrons. The van der Waals surface area contributed by atoms with Gasteiger partial charge in [0.2, 0.25) is 11.8 Å². The first-order valence-corrected chi connectivity index (χ1v) is 12.3. The van der Waals surface area contributed by atoms with Gasteiger partial charge in [0.1, 0.15) is 11.9 Å². The molecule has 8 nitrogen and oxygen atoms in total. The lowest BCUT2D eigenvalue weighted by Crippen LogP contribution is -2.54. The number of carbonyl (C=O) groups excluding carboxylic acids is 1.